The highest BCUT2D eigenvalue weighted by molar-refractivity contribution is 6.74. The van der Waals surface area contributed by atoms with Crippen molar-refractivity contribution in [1.82, 2.24) is 0 Å². The summed E-state index contributed by atoms with van der Waals surface area (Å²) in [6, 6.07) is 9.49. The van der Waals surface area contributed by atoms with Crippen LogP contribution >= 0.6 is 0 Å². The molecule has 5 atom stereocenters. The third-order valence-corrected chi connectivity index (χ3v) is 13.8. The van der Waals surface area contributed by atoms with Crippen LogP contribution in [0.4, 0.5) is 11.4 Å². The Labute approximate surface area is 224 Å². The van der Waals surface area contributed by atoms with Crippen molar-refractivity contribution in [3.63, 3.8) is 0 Å². The van der Waals surface area contributed by atoms with E-state index in [0.717, 1.165) is 4.90 Å². The molecule has 38 heavy (non-hydrogen) atoms. The van der Waals surface area contributed by atoms with Crippen LogP contribution in [0.2, 0.25) is 18.1 Å². The van der Waals surface area contributed by atoms with E-state index >= 15 is 0 Å². The number of anilines is 1. The average Bonchev–Trinajstić information content (AvgIpc) is 3.33. The molecule has 3 saturated heterocycles. The van der Waals surface area contributed by atoms with E-state index in [0.29, 0.717) is 29.5 Å². The molecule has 2 aromatic carbocycles. The van der Waals surface area contributed by atoms with E-state index in [9.17, 15) is 24.8 Å². The Kier molecular flexibility index (Phi) is 6.67. The topological polar surface area (TPSA) is 119 Å². The summed E-state index contributed by atoms with van der Waals surface area (Å²) in [5, 5.41) is 23.4. The Bertz CT molecular complexity index is 1320. The number of aliphatic hydroxyl groups is 1. The second-order valence-electron chi connectivity index (χ2n) is 12.3. The monoisotopic (exact) mass is 542 g/mol. The van der Waals surface area contributed by atoms with Crippen LogP contribution in [-0.2, 0) is 18.8 Å². The molecule has 10 heteroatoms. The highest BCUT2D eigenvalue weighted by Gasteiger charge is 2.77. The molecule has 2 bridgehead atoms. The van der Waals surface area contributed by atoms with Gasteiger partial charge in [0.1, 0.15) is 5.60 Å². The number of hydrogen-bond acceptors (Lipinski definition) is 7. The first-order chi connectivity index (χ1) is 17.1. The zero-order chi connectivity index (χ0) is 27.1. The predicted molar refractivity (Wildman–Crippen MR) is 147 cm³/mol. The van der Waals surface area contributed by atoms with Gasteiger partial charge in [-0.05, 0) is 43.6 Å². The fraction of sp³-hybridized carbons (Fsp3) is 0.571. The van der Waals surface area contributed by atoms with Gasteiger partial charge in [0.25, 0.3) is 5.69 Å². The molecule has 2 unspecified atom stereocenters. The number of nitrogens with zero attached hydrogens (tertiary/aromatic N) is 2. The lowest BCUT2D eigenvalue weighted by Crippen LogP contribution is -2.50. The number of nitro groups is 1. The number of non-ortho nitro benzene ring substituents is 1. The molecule has 1 N–H and O–H groups in total. The molecule has 0 radical (unpaired) electrons. The average molecular weight is 543 g/mol. The smallest absolute Gasteiger partial charge is 0.277 e. The zero-order valence-corrected chi connectivity index (χ0v) is 23.1. The minimum Gasteiger partial charge on any atom is -0.417 e. The molecule has 0 aliphatic carbocycles. The van der Waals surface area contributed by atoms with Crippen molar-refractivity contribution in [2.45, 2.75) is 83.4 Å². The molecule has 2 aromatic rings. The summed E-state index contributed by atoms with van der Waals surface area (Å²) >= 11 is 0. The van der Waals surface area contributed by atoms with Gasteiger partial charge in [0.15, 0.2) is 8.32 Å². The highest BCUT2D eigenvalue weighted by atomic mass is 28.4. The molecule has 3 aliphatic heterocycles. The third kappa shape index (κ3) is 3.84. The number of fused-ring (bicyclic) bond motifs is 6. The van der Waals surface area contributed by atoms with Crippen molar-refractivity contribution >= 4 is 42.3 Å². The van der Waals surface area contributed by atoms with Crippen molar-refractivity contribution in [3.8, 4) is 0 Å². The number of hydrogen-bond donors (Lipinski definition) is 1. The van der Waals surface area contributed by atoms with E-state index in [1.54, 1.807) is 31.2 Å². The Morgan fingerprint density at radius 1 is 1.13 bits per heavy atom. The lowest BCUT2D eigenvalue weighted by Gasteiger charge is -2.38. The summed E-state index contributed by atoms with van der Waals surface area (Å²) in [6.45, 7) is 12.8. The number of nitro benzene ring substituents is 1. The van der Waals surface area contributed by atoms with Crippen molar-refractivity contribution in [2.75, 3.05) is 11.5 Å². The van der Waals surface area contributed by atoms with Crippen LogP contribution in [0.1, 0.15) is 48.0 Å². The van der Waals surface area contributed by atoms with Gasteiger partial charge in [0.2, 0.25) is 11.8 Å². The molecular weight excluding hydrogens is 504 g/mol. The normalized spacial score (nSPS) is 30.6. The van der Waals surface area contributed by atoms with Crippen LogP contribution in [-0.4, -0.2) is 54.1 Å². The zero-order valence-electron chi connectivity index (χ0n) is 22.1. The number of imide groups is 1. The molecule has 5 rings (SSSR count). The summed E-state index contributed by atoms with van der Waals surface area (Å²) in [6.07, 6.45) is -0.257. The molecule has 206 valence electrons. The fourth-order valence-electron chi connectivity index (χ4n) is 6.18. The summed E-state index contributed by atoms with van der Waals surface area (Å²) < 4.78 is 12.8. The number of carbonyl (C=O) groups excluding carboxylic acids is 2. The van der Waals surface area contributed by atoms with E-state index in [-0.39, 0.29) is 24.6 Å². The number of rotatable bonds is 6. The quantitative estimate of drug-likeness (QED) is 0.231. The molecule has 3 aliphatic rings. The third-order valence-electron chi connectivity index (χ3n) is 9.22. The SMILES string of the molecule is C.CC12OC(CCO[Si](C)(C)C(C)(C)C)(C[C@H]1O)[C@@H]1C(=O)N(c3ccc([N+](=O)[O-])c4ccccc34)C(=O)[C@@H]12. The molecule has 9 nitrogen and oxygen atoms in total. The first kappa shape index (κ1) is 28.3. The van der Waals surface area contributed by atoms with Crippen LogP contribution in [0.25, 0.3) is 10.8 Å². The maximum absolute atomic E-state index is 14.0. The summed E-state index contributed by atoms with van der Waals surface area (Å²) in [4.78, 5) is 40.1. The Morgan fingerprint density at radius 2 is 1.74 bits per heavy atom. The Morgan fingerprint density at radius 3 is 2.34 bits per heavy atom. The summed E-state index contributed by atoms with van der Waals surface area (Å²) in [7, 11) is -2.06. The van der Waals surface area contributed by atoms with Crippen LogP contribution in [0, 0.1) is 22.0 Å². The van der Waals surface area contributed by atoms with Gasteiger partial charge in [0, 0.05) is 24.5 Å². The summed E-state index contributed by atoms with van der Waals surface area (Å²) in [5.74, 6) is -2.43. The van der Waals surface area contributed by atoms with Gasteiger partial charge in [-0.2, -0.15) is 0 Å². The molecule has 3 fully saturated rings. The minimum absolute atomic E-state index is 0. The maximum Gasteiger partial charge on any atom is 0.277 e. The summed E-state index contributed by atoms with van der Waals surface area (Å²) in [5.41, 5.74) is -1.99. The van der Waals surface area contributed by atoms with E-state index < -0.39 is 54.2 Å². The van der Waals surface area contributed by atoms with Gasteiger partial charge >= 0.3 is 0 Å². The van der Waals surface area contributed by atoms with Crippen LogP contribution in [0.15, 0.2) is 36.4 Å². The van der Waals surface area contributed by atoms with Crippen molar-refractivity contribution in [1.29, 1.82) is 0 Å². The first-order valence-electron chi connectivity index (χ1n) is 12.7. The lowest BCUT2D eigenvalue weighted by atomic mass is 9.66. The van der Waals surface area contributed by atoms with Gasteiger partial charge in [-0.3, -0.25) is 19.7 Å². The van der Waals surface area contributed by atoms with Crippen LogP contribution < -0.4 is 4.90 Å². The molecular formula is C28H38N2O7Si. The molecule has 0 spiro atoms. The lowest BCUT2D eigenvalue weighted by molar-refractivity contribution is -0.383. The van der Waals surface area contributed by atoms with E-state index in [1.807, 2.05) is 0 Å². The van der Waals surface area contributed by atoms with Gasteiger partial charge in [-0.1, -0.05) is 46.4 Å². The Hall–Kier alpha value is -2.66. The number of benzene rings is 2. The highest BCUT2D eigenvalue weighted by Crippen LogP contribution is 2.62. The molecule has 2 amide bonds. The predicted octanol–water partition coefficient (Wildman–Crippen LogP) is 5.19. The van der Waals surface area contributed by atoms with Crippen molar-refractivity contribution in [3.05, 3.63) is 46.5 Å². The second kappa shape index (κ2) is 8.94. The van der Waals surface area contributed by atoms with E-state index in [4.69, 9.17) is 9.16 Å². The standard InChI is InChI=1S/C27H34N2O7Si.CH4/c1-25(2,3)37(5,6)35-14-13-27-15-20(30)26(4,36-27)21-22(27)24(32)28(23(21)31)18-11-12-19(29(33)34)17-10-8-7-9-16(17)18;/h7-12,20-22,30H,13-15H2,1-6H3;1H4/t20-,21-,22+,26?,27?;/m1./s1. The Balaban J connectivity index is 0.00000336. The van der Waals surface area contributed by atoms with E-state index in [2.05, 4.69) is 33.9 Å². The largest absolute Gasteiger partial charge is 0.417 e. The number of carbonyl (C=O) groups is 2. The van der Waals surface area contributed by atoms with Gasteiger partial charge in [0.05, 0.1) is 39.5 Å². The van der Waals surface area contributed by atoms with Crippen LogP contribution in [0.5, 0.6) is 0 Å². The van der Waals surface area contributed by atoms with E-state index in [1.165, 1.54) is 12.1 Å². The molecule has 0 aromatic heterocycles. The fourth-order valence-corrected chi connectivity index (χ4v) is 7.22. The van der Waals surface area contributed by atoms with Gasteiger partial charge < -0.3 is 14.3 Å². The molecule has 3 heterocycles. The first-order valence-corrected chi connectivity index (χ1v) is 15.6. The van der Waals surface area contributed by atoms with Crippen molar-refractivity contribution in [2.24, 2.45) is 11.8 Å². The number of ether oxygens (including phenoxy) is 1. The minimum atomic E-state index is -2.06. The number of aliphatic hydroxyl groups excluding tert-OH is 1. The van der Waals surface area contributed by atoms with Crippen molar-refractivity contribution < 1.29 is 28.8 Å². The second-order valence-corrected chi connectivity index (χ2v) is 17.1. The van der Waals surface area contributed by atoms with Gasteiger partial charge in [-0.15, -0.1) is 0 Å². The maximum atomic E-state index is 14.0. The number of amides is 2. The van der Waals surface area contributed by atoms with Crippen LogP contribution in [0.3, 0.4) is 0 Å². The van der Waals surface area contributed by atoms with Gasteiger partial charge in [-0.25, -0.2) is 4.90 Å². The molecule has 0 saturated carbocycles.